The number of carboxylic acid groups (broad SMARTS) is 1. The fourth-order valence-electron chi connectivity index (χ4n) is 2.71. The van der Waals surface area contributed by atoms with Crippen LogP contribution in [-0.4, -0.2) is 28.2 Å². The lowest BCUT2D eigenvalue weighted by Crippen LogP contribution is -2.44. The van der Waals surface area contributed by atoms with Gasteiger partial charge in [0.1, 0.15) is 17.7 Å². The molecule has 2 bridgehead atoms. The zero-order valence-corrected chi connectivity index (χ0v) is 8.68. The van der Waals surface area contributed by atoms with Gasteiger partial charge in [0.2, 0.25) is 0 Å². The van der Waals surface area contributed by atoms with E-state index in [2.05, 4.69) is 0 Å². The maximum absolute atomic E-state index is 11.0. The first-order valence-corrected chi connectivity index (χ1v) is 5.21. The molecule has 0 aromatic carbocycles. The summed E-state index contributed by atoms with van der Waals surface area (Å²) in [5.74, 6) is 0. The molecule has 82 valence electrons. The minimum absolute atomic E-state index is 0.0389. The molecule has 2 aliphatic rings. The highest BCUT2D eigenvalue weighted by atomic mass is 16.4. The minimum Gasteiger partial charge on any atom is -0.465 e. The number of amides is 1. The number of hydrogen-bond donors (Lipinski definition) is 1. The normalized spacial score (nSPS) is 27.1. The third-order valence-corrected chi connectivity index (χ3v) is 3.38. The summed E-state index contributed by atoms with van der Waals surface area (Å²) >= 11 is 0. The Balaban J connectivity index is 2.27. The van der Waals surface area contributed by atoms with E-state index in [1.54, 1.807) is 0 Å². The zero-order chi connectivity index (χ0) is 11.7. The lowest BCUT2D eigenvalue weighted by Gasteiger charge is -2.33. The van der Waals surface area contributed by atoms with Crippen molar-refractivity contribution >= 4 is 6.09 Å². The van der Waals surface area contributed by atoms with Gasteiger partial charge in [-0.05, 0) is 31.3 Å². The predicted octanol–water partition coefficient (Wildman–Crippen LogP) is 1.63. The second-order valence-corrected chi connectivity index (χ2v) is 4.19. The van der Waals surface area contributed by atoms with Crippen molar-refractivity contribution in [3.63, 3.8) is 0 Å². The SMILES string of the molecule is N#CC(C#N)=C1CC2CCC(C1)N2C(=O)O. The summed E-state index contributed by atoms with van der Waals surface area (Å²) in [6.07, 6.45) is 1.87. The number of nitrogens with zero attached hydrogens (tertiary/aromatic N) is 3. The third kappa shape index (κ3) is 1.51. The molecule has 2 heterocycles. The maximum Gasteiger partial charge on any atom is 0.407 e. The highest BCUT2D eigenvalue weighted by molar-refractivity contribution is 5.67. The van der Waals surface area contributed by atoms with Gasteiger partial charge >= 0.3 is 6.09 Å². The Morgan fingerprint density at radius 1 is 1.25 bits per heavy atom. The van der Waals surface area contributed by atoms with Crippen molar-refractivity contribution < 1.29 is 9.90 Å². The summed E-state index contributed by atoms with van der Waals surface area (Å²) < 4.78 is 0. The standard InChI is InChI=1S/C11H11N3O2/c12-5-8(6-13)7-3-9-1-2-10(4-7)14(9)11(15)16/h9-10H,1-4H2,(H,15,16). The van der Waals surface area contributed by atoms with Crippen LogP contribution >= 0.6 is 0 Å². The van der Waals surface area contributed by atoms with Crippen LogP contribution in [0.2, 0.25) is 0 Å². The van der Waals surface area contributed by atoms with Gasteiger partial charge in [0.25, 0.3) is 0 Å². The van der Waals surface area contributed by atoms with E-state index in [0.717, 1.165) is 18.4 Å². The first kappa shape index (κ1) is 10.5. The molecular weight excluding hydrogens is 206 g/mol. The molecule has 1 amide bonds. The molecule has 2 unspecified atom stereocenters. The van der Waals surface area contributed by atoms with Crippen LogP contribution in [0.1, 0.15) is 25.7 Å². The Morgan fingerprint density at radius 2 is 1.75 bits per heavy atom. The number of rotatable bonds is 0. The van der Waals surface area contributed by atoms with Gasteiger partial charge in [-0.2, -0.15) is 10.5 Å². The Morgan fingerprint density at radius 3 is 2.12 bits per heavy atom. The van der Waals surface area contributed by atoms with Crippen molar-refractivity contribution in [1.82, 2.24) is 4.90 Å². The van der Waals surface area contributed by atoms with E-state index in [4.69, 9.17) is 15.6 Å². The molecule has 0 aromatic rings. The number of fused-ring (bicyclic) bond motifs is 2. The molecular formula is C11H11N3O2. The summed E-state index contributed by atoms with van der Waals surface area (Å²) in [4.78, 5) is 12.5. The molecule has 0 spiro atoms. The van der Waals surface area contributed by atoms with E-state index in [0.29, 0.717) is 12.8 Å². The van der Waals surface area contributed by atoms with Gasteiger partial charge in [-0.15, -0.1) is 0 Å². The zero-order valence-electron chi connectivity index (χ0n) is 8.68. The van der Waals surface area contributed by atoms with E-state index in [-0.39, 0.29) is 17.7 Å². The molecule has 0 aliphatic carbocycles. The fourth-order valence-corrected chi connectivity index (χ4v) is 2.71. The van der Waals surface area contributed by atoms with Gasteiger partial charge in [0.15, 0.2) is 0 Å². The van der Waals surface area contributed by atoms with E-state index < -0.39 is 6.09 Å². The van der Waals surface area contributed by atoms with E-state index >= 15 is 0 Å². The summed E-state index contributed by atoms with van der Waals surface area (Å²) in [6, 6.07) is 3.70. The summed E-state index contributed by atoms with van der Waals surface area (Å²) in [5, 5.41) is 26.6. The molecule has 2 rings (SSSR count). The van der Waals surface area contributed by atoms with Gasteiger partial charge < -0.3 is 10.0 Å². The Labute approximate surface area is 93.2 Å². The van der Waals surface area contributed by atoms with Crippen molar-refractivity contribution in [3.8, 4) is 12.1 Å². The first-order valence-electron chi connectivity index (χ1n) is 5.21. The van der Waals surface area contributed by atoms with E-state index in [1.165, 1.54) is 4.90 Å². The van der Waals surface area contributed by atoms with E-state index in [1.807, 2.05) is 12.1 Å². The molecule has 16 heavy (non-hydrogen) atoms. The third-order valence-electron chi connectivity index (χ3n) is 3.38. The molecule has 2 aliphatic heterocycles. The van der Waals surface area contributed by atoms with Gasteiger partial charge in [0, 0.05) is 12.1 Å². The monoisotopic (exact) mass is 217 g/mol. The van der Waals surface area contributed by atoms with E-state index in [9.17, 15) is 4.79 Å². The van der Waals surface area contributed by atoms with Crippen molar-refractivity contribution in [2.75, 3.05) is 0 Å². The minimum atomic E-state index is -0.887. The molecule has 0 radical (unpaired) electrons. The van der Waals surface area contributed by atoms with Crippen molar-refractivity contribution in [2.24, 2.45) is 0 Å². The average Bonchev–Trinajstić information content (AvgIpc) is 2.53. The predicted molar refractivity (Wildman–Crippen MR) is 54.2 cm³/mol. The smallest absolute Gasteiger partial charge is 0.407 e. The number of piperidine rings is 1. The number of hydrogen-bond acceptors (Lipinski definition) is 3. The molecule has 0 saturated carbocycles. The van der Waals surface area contributed by atoms with Crippen LogP contribution in [-0.2, 0) is 0 Å². The van der Waals surface area contributed by atoms with Crippen LogP contribution in [0.4, 0.5) is 4.79 Å². The molecule has 2 fully saturated rings. The molecule has 0 aromatic heterocycles. The van der Waals surface area contributed by atoms with Crippen molar-refractivity contribution in [1.29, 1.82) is 10.5 Å². The molecule has 1 N–H and O–H groups in total. The number of allylic oxidation sites excluding steroid dienone is 1. The van der Waals surface area contributed by atoms with Gasteiger partial charge in [-0.25, -0.2) is 4.79 Å². The lowest BCUT2D eigenvalue weighted by atomic mass is 9.93. The molecule has 2 atom stereocenters. The van der Waals surface area contributed by atoms with Crippen LogP contribution in [0.5, 0.6) is 0 Å². The summed E-state index contributed by atoms with van der Waals surface area (Å²) in [7, 11) is 0. The van der Waals surface area contributed by atoms with Crippen molar-refractivity contribution in [2.45, 2.75) is 37.8 Å². The van der Waals surface area contributed by atoms with Crippen LogP contribution < -0.4 is 0 Å². The van der Waals surface area contributed by atoms with Crippen LogP contribution in [0.15, 0.2) is 11.1 Å². The number of nitriles is 2. The molecule has 5 nitrogen and oxygen atoms in total. The highest BCUT2D eigenvalue weighted by Crippen LogP contribution is 2.39. The van der Waals surface area contributed by atoms with Crippen LogP contribution in [0.3, 0.4) is 0 Å². The van der Waals surface area contributed by atoms with Gasteiger partial charge in [-0.3, -0.25) is 0 Å². The molecule has 2 saturated heterocycles. The maximum atomic E-state index is 11.0. The fraction of sp³-hybridized carbons (Fsp3) is 0.545. The quantitative estimate of drug-likeness (QED) is 0.624. The average molecular weight is 217 g/mol. The topological polar surface area (TPSA) is 88.1 Å². The molecule has 5 heteroatoms. The second kappa shape index (κ2) is 3.86. The lowest BCUT2D eigenvalue weighted by molar-refractivity contribution is 0.113. The highest BCUT2D eigenvalue weighted by Gasteiger charge is 2.42. The second-order valence-electron chi connectivity index (χ2n) is 4.19. The van der Waals surface area contributed by atoms with Gasteiger partial charge in [0.05, 0.1) is 0 Å². The largest absolute Gasteiger partial charge is 0.465 e. The Kier molecular flexibility index (Phi) is 2.54. The Hall–Kier alpha value is -2.01. The Bertz CT molecular complexity index is 409. The summed E-state index contributed by atoms with van der Waals surface area (Å²) in [6.45, 7) is 0. The summed E-state index contributed by atoms with van der Waals surface area (Å²) in [5.41, 5.74) is 0.997. The number of carbonyl (C=O) groups is 1. The van der Waals surface area contributed by atoms with Crippen LogP contribution in [0.25, 0.3) is 0 Å². The van der Waals surface area contributed by atoms with Crippen LogP contribution in [0, 0.1) is 22.7 Å². The van der Waals surface area contributed by atoms with Crippen molar-refractivity contribution in [3.05, 3.63) is 11.1 Å². The first-order chi connectivity index (χ1) is 7.67. The van der Waals surface area contributed by atoms with Gasteiger partial charge in [-0.1, -0.05) is 0 Å².